The average molecular weight is 270 g/mol. The van der Waals surface area contributed by atoms with E-state index in [1.165, 1.54) is 6.07 Å². The third-order valence-electron chi connectivity index (χ3n) is 3.64. The smallest absolute Gasteiger partial charge is 0.144 e. The van der Waals surface area contributed by atoms with Crippen LogP contribution < -0.4 is 0 Å². The topological polar surface area (TPSA) is 33.4 Å². The van der Waals surface area contributed by atoms with E-state index in [0.29, 0.717) is 22.5 Å². The third-order valence-corrected chi connectivity index (χ3v) is 3.64. The normalized spacial score (nSPS) is 14.4. The van der Waals surface area contributed by atoms with Gasteiger partial charge in [-0.3, -0.25) is 0 Å². The van der Waals surface area contributed by atoms with Crippen molar-refractivity contribution in [3.63, 3.8) is 0 Å². The van der Waals surface area contributed by atoms with Crippen molar-refractivity contribution in [2.75, 3.05) is 0 Å². The highest BCUT2D eigenvalue weighted by Crippen LogP contribution is 2.33. The number of aliphatic hydroxyl groups is 1. The Labute approximate surface area is 116 Å². The summed E-state index contributed by atoms with van der Waals surface area (Å²) in [6.07, 6.45) is 0. The molecule has 1 aromatic heterocycles. The van der Waals surface area contributed by atoms with E-state index in [0.717, 1.165) is 5.39 Å². The first kappa shape index (κ1) is 12.9. The molecule has 2 aromatic carbocycles. The van der Waals surface area contributed by atoms with Gasteiger partial charge >= 0.3 is 0 Å². The average Bonchev–Trinajstić information content (AvgIpc) is 2.86. The highest BCUT2D eigenvalue weighted by atomic mass is 19.1. The van der Waals surface area contributed by atoms with Gasteiger partial charge in [-0.05, 0) is 43.2 Å². The summed E-state index contributed by atoms with van der Waals surface area (Å²) in [5, 5.41) is 11.6. The molecule has 1 heterocycles. The Bertz CT molecular complexity index is 739. The van der Waals surface area contributed by atoms with Crippen LogP contribution in [0.25, 0.3) is 11.0 Å². The largest absolute Gasteiger partial charge is 0.458 e. The van der Waals surface area contributed by atoms with Crippen molar-refractivity contribution in [1.82, 2.24) is 0 Å². The van der Waals surface area contributed by atoms with Crippen LogP contribution in [0.4, 0.5) is 4.39 Å². The number of benzene rings is 2. The predicted octanol–water partition coefficient (Wildman–Crippen LogP) is 4.14. The van der Waals surface area contributed by atoms with Gasteiger partial charge in [-0.15, -0.1) is 0 Å². The molecule has 0 aliphatic rings. The highest BCUT2D eigenvalue weighted by molar-refractivity contribution is 5.78. The van der Waals surface area contributed by atoms with Crippen LogP contribution in [0.15, 0.2) is 52.9 Å². The second kappa shape index (κ2) is 4.46. The molecule has 3 heteroatoms. The van der Waals surface area contributed by atoms with Gasteiger partial charge in [0.25, 0.3) is 0 Å². The van der Waals surface area contributed by atoms with Crippen LogP contribution in [0.1, 0.15) is 23.8 Å². The van der Waals surface area contributed by atoms with Gasteiger partial charge in [-0.2, -0.15) is 0 Å². The Morgan fingerprint density at radius 2 is 1.85 bits per heavy atom. The van der Waals surface area contributed by atoms with Gasteiger partial charge in [-0.25, -0.2) is 4.39 Å². The van der Waals surface area contributed by atoms with Gasteiger partial charge in [-0.1, -0.05) is 30.3 Å². The monoisotopic (exact) mass is 270 g/mol. The summed E-state index contributed by atoms with van der Waals surface area (Å²) in [5.74, 6) is 0.0702. The van der Waals surface area contributed by atoms with Crippen molar-refractivity contribution in [2.24, 2.45) is 0 Å². The lowest BCUT2D eigenvalue weighted by Crippen LogP contribution is -2.22. The minimum atomic E-state index is -1.37. The SMILES string of the molecule is Cc1ccc(C(C)(O)c2cc3ccccc3o2)cc1F. The van der Waals surface area contributed by atoms with Crippen molar-refractivity contribution in [3.8, 4) is 0 Å². The Kier molecular flexibility index (Phi) is 2.87. The first-order valence-electron chi connectivity index (χ1n) is 6.46. The zero-order chi connectivity index (χ0) is 14.3. The number of aryl methyl sites for hydroxylation is 1. The van der Waals surface area contributed by atoms with Crippen molar-refractivity contribution in [2.45, 2.75) is 19.4 Å². The second-order valence-corrected chi connectivity index (χ2v) is 5.18. The lowest BCUT2D eigenvalue weighted by molar-refractivity contribution is 0.0783. The molecule has 0 saturated carbocycles. The second-order valence-electron chi connectivity index (χ2n) is 5.18. The van der Waals surface area contributed by atoms with Crippen LogP contribution in [-0.2, 0) is 5.60 Å². The first-order valence-corrected chi connectivity index (χ1v) is 6.46. The predicted molar refractivity (Wildman–Crippen MR) is 76.0 cm³/mol. The molecule has 1 N–H and O–H groups in total. The summed E-state index contributed by atoms with van der Waals surface area (Å²) in [6, 6.07) is 14.0. The molecule has 102 valence electrons. The summed E-state index contributed by atoms with van der Waals surface area (Å²) in [6.45, 7) is 3.30. The van der Waals surface area contributed by atoms with E-state index < -0.39 is 5.60 Å². The van der Waals surface area contributed by atoms with Crippen LogP contribution in [0.3, 0.4) is 0 Å². The molecular formula is C17H15FO2. The standard InChI is InChI=1S/C17H15FO2/c1-11-7-8-13(10-14(11)18)17(2,19)16-9-12-5-3-4-6-15(12)20-16/h3-10,19H,1-2H3. The van der Waals surface area contributed by atoms with Gasteiger partial charge in [0, 0.05) is 5.39 Å². The molecule has 20 heavy (non-hydrogen) atoms. The molecule has 0 radical (unpaired) electrons. The molecule has 3 rings (SSSR count). The van der Waals surface area contributed by atoms with Crippen LogP contribution in [0.5, 0.6) is 0 Å². The maximum absolute atomic E-state index is 13.7. The van der Waals surface area contributed by atoms with E-state index in [-0.39, 0.29) is 5.82 Å². The molecular weight excluding hydrogens is 255 g/mol. The number of furan rings is 1. The van der Waals surface area contributed by atoms with E-state index >= 15 is 0 Å². The molecule has 0 amide bonds. The number of halogens is 1. The highest BCUT2D eigenvalue weighted by Gasteiger charge is 2.30. The van der Waals surface area contributed by atoms with E-state index in [2.05, 4.69) is 0 Å². The third kappa shape index (κ3) is 2.00. The van der Waals surface area contributed by atoms with Crippen LogP contribution in [-0.4, -0.2) is 5.11 Å². The molecule has 0 spiro atoms. The van der Waals surface area contributed by atoms with Gasteiger partial charge in [0.1, 0.15) is 22.8 Å². The van der Waals surface area contributed by atoms with Gasteiger partial charge < -0.3 is 9.52 Å². The molecule has 0 aliphatic heterocycles. The number of rotatable bonds is 2. The van der Waals surface area contributed by atoms with Crippen molar-refractivity contribution < 1.29 is 13.9 Å². The summed E-state index contributed by atoms with van der Waals surface area (Å²) in [7, 11) is 0. The summed E-state index contributed by atoms with van der Waals surface area (Å²) < 4.78 is 19.4. The van der Waals surface area contributed by atoms with Crippen molar-refractivity contribution in [1.29, 1.82) is 0 Å². The molecule has 1 unspecified atom stereocenters. The minimum absolute atomic E-state index is 0.334. The Balaban J connectivity index is 2.12. The van der Waals surface area contributed by atoms with Crippen molar-refractivity contribution >= 4 is 11.0 Å². The van der Waals surface area contributed by atoms with E-state index in [4.69, 9.17) is 4.42 Å². The Morgan fingerprint density at radius 1 is 1.10 bits per heavy atom. The maximum Gasteiger partial charge on any atom is 0.144 e. The first-order chi connectivity index (χ1) is 9.48. The number of hydrogen-bond acceptors (Lipinski definition) is 2. The lowest BCUT2D eigenvalue weighted by atomic mass is 9.92. The molecule has 3 aromatic rings. The van der Waals surface area contributed by atoms with E-state index in [9.17, 15) is 9.50 Å². The van der Waals surface area contributed by atoms with Gasteiger partial charge in [0.05, 0.1) is 0 Å². The lowest BCUT2D eigenvalue weighted by Gasteiger charge is -2.21. The molecule has 1 atom stereocenters. The molecule has 0 fully saturated rings. The Hall–Kier alpha value is -2.13. The van der Waals surface area contributed by atoms with Crippen LogP contribution in [0, 0.1) is 12.7 Å². The molecule has 0 aliphatic carbocycles. The molecule has 0 bridgehead atoms. The summed E-state index contributed by atoms with van der Waals surface area (Å²) in [5.41, 5.74) is 0.359. The number of para-hydroxylation sites is 1. The molecule has 2 nitrogen and oxygen atoms in total. The fourth-order valence-corrected chi connectivity index (χ4v) is 2.26. The van der Waals surface area contributed by atoms with Gasteiger partial charge in [0.2, 0.25) is 0 Å². The van der Waals surface area contributed by atoms with Crippen molar-refractivity contribution in [3.05, 3.63) is 71.2 Å². The minimum Gasteiger partial charge on any atom is -0.458 e. The van der Waals surface area contributed by atoms with Crippen LogP contribution >= 0.6 is 0 Å². The zero-order valence-electron chi connectivity index (χ0n) is 11.4. The molecule has 0 saturated heterocycles. The number of fused-ring (bicyclic) bond motifs is 1. The van der Waals surface area contributed by atoms with Crippen LogP contribution in [0.2, 0.25) is 0 Å². The quantitative estimate of drug-likeness (QED) is 0.759. The zero-order valence-corrected chi connectivity index (χ0v) is 11.4. The maximum atomic E-state index is 13.7. The fourth-order valence-electron chi connectivity index (χ4n) is 2.26. The fraction of sp³-hybridized carbons (Fsp3) is 0.176. The van der Waals surface area contributed by atoms with E-state index in [1.807, 2.05) is 24.3 Å². The Morgan fingerprint density at radius 3 is 2.55 bits per heavy atom. The summed E-state index contributed by atoms with van der Waals surface area (Å²) >= 11 is 0. The van der Waals surface area contributed by atoms with Gasteiger partial charge in [0.15, 0.2) is 0 Å². The summed E-state index contributed by atoms with van der Waals surface area (Å²) in [4.78, 5) is 0. The number of hydrogen-bond donors (Lipinski definition) is 1. The van der Waals surface area contributed by atoms with E-state index in [1.54, 1.807) is 32.0 Å².